The zero-order valence-electron chi connectivity index (χ0n) is 20.6. The molecule has 1 aliphatic heterocycles. The molecule has 0 spiro atoms. The minimum atomic E-state index is -0.405. The number of allylic oxidation sites excluding steroid dienone is 3. The maximum absolute atomic E-state index is 12.7. The van der Waals surface area contributed by atoms with Gasteiger partial charge in [-0.3, -0.25) is 4.79 Å². The van der Waals surface area contributed by atoms with E-state index in [9.17, 15) is 9.59 Å². The third-order valence-corrected chi connectivity index (χ3v) is 10.4. The molecule has 1 heterocycles. The van der Waals surface area contributed by atoms with Crippen LogP contribution in [0, 0.1) is 31.6 Å². The fourth-order valence-corrected chi connectivity index (χ4v) is 9.01. The Balaban J connectivity index is 1.16. The number of benzene rings is 2. The van der Waals surface area contributed by atoms with Gasteiger partial charge in [0.25, 0.3) is 0 Å². The molecule has 2 aromatic rings. The first-order chi connectivity index (χ1) is 17.5. The molecule has 6 rings (SSSR count). The fourth-order valence-electron chi connectivity index (χ4n) is 6.43. The van der Waals surface area contributed by atoms with Gasteiger partial charge >= 0.3 is 11.9 Å². The molecule has 2 bridgehead atoms. The van der Waals surface area contributed by atoms with E-state index in [1.54, 1.807) is 0 Å². The Hall–Kier alpha value is -2.99. The zero-order chi connectivity index (χ0) is 24.8. The van der Waals surface area contributed by atoms with Crippen LogP contribution in [0.25, 0.3) is 0 Å². The second-order valence-corrected chi connectivity index (χ2v) is 12.5. The predicted molar refractivity (Wildman–Crippen MR) is 138 cm³/mol. The van der Waals surface area contributed by atoms with Crippen LogP contribution in [0.3, 0.4) is 0 Å². The predicted octanol–water partition coefficient (Wildman–Crippen LogP) is 5.10. The summed E-state index contributed by atoms with van der Waals surface area (Å²) in [4.78, 5) is 27.3. The molecule has 2 saturated carbocycles. The molecule has 36 heavy (non-hydrogen) atoms. The number of rotatable bonds is 7. The van der Waals surface area contributed by atoms with Crippen molar-refractivity contribution < 1.29 is 23.8 Å². The Kier molecular flexibility index (Phi) is 6.16. The highest BCUT2D eigenvalue weighted by molar-refractivity contribution is 7.97. The van der Waals surface area contributed by atoms with E-state index in [2.05, 4.69) is 66.8 Å². The topological polar surface area (TPSA) is 61.8 Å². The van der Waals surface area contributed by atoms with Crippen molar-refractivity contribution in [2.75, 3.05) is 6.61 Å². The smallest absolute Gasteiger partial charge is 0.344 e. The van der Waals surface area contributed by atoms with Crippen LogP contribution >= 0.6 is 0 Å². The number of ether oxygens (including phenoxy) is 3. The largest absolute Gasteiger partial charge is 0.481 e. The molecule has 4 aliphatic rings. The summed E-state index contributed by atoms with van der Waals surface area (Å²) in [7, 11) is -0.114. The summed E-state index contributed by atoms with van der Waals surface area (Å²) in [5.41, 5.74) is 2.02. The Morgan fingerprint density at radius 1 is 1.06 bits per heavy atom. The van der Waals surface area contributed by atoms with Crippen LogP contribution in [0.1, 0.15) is 30.4 Å². The fraction of sp³-hybridized carbons (Fsp3) is 0.400. The van der Waals surface area contributed by atoms with Crippen molar-refractivity contribution in [1.29, 1.82) is 0 Å². The quantitative estimate of drug-likeness (QED) is 0.389. The van der Waals surface area contributed by atoms with Gasteiger partial charge in [-0.15, -0.1) is 0 Å². The lowest BCUT2D eigenvalue weighted by Gasteiger charge is -2.25. The van der Waals surface area contributed by atoms with E-state index in [-0.39, 0.29) is 53.4 Å². The average Bonchev–Trinajstić information content (AvgIpc) is 3.51. The number of hydrogen-bond acceptors (Lipinski definition) is 5. The van der Waals surface area contributed by atoms with Gasteiger partial charge in [0.2, 0.25) is 0 Å². The molecule has 0 radical (unpaired) electrons. The molecule has 0 aromatic heterocycles. The number of fused-ring (bicyclic) bond motifs is 1. The van der Waals surface area contributed by atoms with Gasteiger partial charge in [-0.05, 0) is 56.0 Å². The van der Waals surface area contributed by atoms with Gasteiger partial charge in [-0.2, -0.15) is 0 Å². The van der Waals surface area contributed by atoms with Gasteiger partial charge < -0.3 is 14.2 Å². The summed E-state index contributed by atoms with van der Waals surface area (Å²) in [6.07, 6.45) is 10.9. The third kappa shape index (κ3) is 4.15. The van der Waals surface area contributed by atoms with Crippen LogP contribution in [-0.2, 0) is 30.0 Å². The lowest BCUT2D eigenvalue weighted by molar-refractivity contribution is -0.163. The second kappa shape index (κ2) is 9.47. The van der Waals surface area contributed by atoms with Crippen LogP contribution in [-0.4, -0.2) is 36.0 Å². The summed E-state index contributed by atoms with van der Waals surface area (Å²) in [6, 6.07) is 15.1. The average molecular weight is 504 g/mol. The molecule has 3 fully saturated rings. The van der Waals surface area contributed by atoms with Crippen LogP contribution in [0.15, 0.2) is 76.6 Å². The van der Waals surface area contributed by atoms with E-state index in [0.29, 0.717) is 5.25 Å². The van der Waals surface area contributed by atoms with E-state index in [4.69, 9.17) is 14.2 Å². The molecule has 0 amide bonds. The zero-order valence-corrected chi connectivity index (χ0v) is 21.4. The molecular formula is C30H31O5S+. The van der Waals surface area contributed by atoms with Gasteiger partial charge in [0.05, 0.1) is 16.8 Å². The Bertz CT molecular complexity index is 1210. The molecule has 1 saturated heterocycles. The Morgan fingerprint density at radius 3 is 2.56 bits per heavy atom. The van der Waals surface area contributed by atoms with Crippen molar-refractivity contribution in [2.24, 2.45) is 17.8 Å². The summed E-state index contributed by atoms with van der Waals surface area (Å²) in [5, 5.41) is 0.406. The highest BCUT2D eigenvalue weighted by Gasteiger charge is 2.63. The normalized spacial score (nSPS) is 30.3. The maximum Gasteiger partial charge on any atom is 0.344 e. The van der Waals surface area contributed by atoms with Crippen LogP contribution in [0.5, 0.6) is 5.75 Å². The van der Waals surface area contributed by atoms with Gasteiger partial charge in [0, 0.05) is 30.4 Å². The highest BCUT2D eigenvalue weighted by Crippen LogP contribution is 2.55. The van der Waals surface area contributed by atoms with Gasteiger partial charge in [0.1, 0.15) is 18.0 Å². The van der Waals surface area contributed by atoms with E-state index in [0.717, 1.165) is 36.1 Å². The minimum Gasteiger partial charge on any atom is -0.481 e. The van der Waals surface area contributed by atoms with Crippen molar-refractivity contribution in [3.63, 3.8) is 0 Å². The molecule has 7 atom stereocenters. The van der Waals surface area contributed by atoms with E-state index < -0.39 is 5.97 Å². The first-order valence-electron chi connectivity index (χ1n) is 12.7. The monoisotopic (exact) mass is 503 g/mol. The molecule has 0 N–H and O–H groups in total. The van der Waals surface area contributed by atoms with Crippen molar-refractivity contribution >= 4 is 22.8 Å². The number of carbonyl (C=O) groups excluding carboxylic acids is 2. The lowest BCUT2D eigenvalue weighted by atomic mass is 9.88. The number of esters is 2. The molecule has 2 aromatic carbocycles. The Morgan fingerprint density at radius 2 is 1.83 bits per heavy atom. The van der Waals surface area contributed by atoms with E-state index in [1.165, 1.54) is 9.79 Å². The number of aryl methyl sites for hydroxylation is 2. The molecule has 7 unspecified atom stereocenters. The molecule has 3 aliphatic carbocycles. The SMILES string of the molecule is Cc1cc([S+](c2ccccc2)C2C=CC=CC2)cc(C)c1OCC(=O)OC1C2CC3C(=O)OC1C3C2. The summed E-state index contributed by atoms with van der Waals surface area (Å²) >= 11 is 0. The Labute approximate surface area is 214 Å². The van der Waals surface area contributed by atoms with Crippen LogP contribution in [0.2, 0.25) is 0 Å². The molecule has 5 nitrogen and oxygen atoms in total. The number of carbonyl (C=O) groups is 2. The summed E-state index contributed by atoms with van der Waals surface area (Å²) in [6.45, 7) is 3.92. The summed E-state index contributed by atoms with van der Waals surface area (Å²) in [5.74, 6) is 0.650. The lowest BCUT2D eigenvalue weighted by Crippen LogP contribution is -2.37. The minimum absolute atomic E-state index is 0.00978. The van der Waals surface area contributed by atoms with E-state index in [1.807, 2.05) is 13.8 Å². The standard InChI is InChI=1S/C30H31O5S/c1-18-13-23(36(21-9-5-3-6-10-21)22-11-7-4-8-12-22)14-19(2)27(18)33-17-26(31)34-28-20-15-24-25(16-20)30(32)35-29(24)28/h3-11,13-14,20,22,24-25,28-29H,12,15-17H2,1-2H3/q+1. The van der Waals surface area contributed by atoms with Crippen molar-refractivity contribution in [1.82, 2.24) is 0 Å². The van der Waals surface area contributed by atoms with Gasteiger partial charge in [-0.1, -0.05) is 36.4 Å². The van der Waals surface area contributed by atoms with Gasteiger partial charge in [0.15, 0.2) is 21.6 Å². The molecular weight excluding hydrogens is 472 g/mol. The highest BCUT2D eigenvalue weighted by atomic mass is 32.2. The first kappa shape index (κ1) is 23.4. The van der Waals surface area contributed by atoms with Crippen LogP contribution < -0.4 is 4.74 Å². The van der Waals surface area contributed by atoms with Crippen LogP contribution in [0.4, 0.5) is 0 Å². The molecule has 6 heteroatoms. The van der Waals surface area contributed by atoms with Crippen molar-refractivity contribution in [3.05, 3.63) is 77.9 Å². The van der Waals surface area contributed by atoms with Crippen molar-refractivity contribution in [2.45, 2.75) is 60.4 Å². The molecule has 186 valence electrons. The first-order valence-corrected chi connectivity index (χ1v) is 14.0. The van der Waals surface area contributed by atoms with E-state index >= 15 is 0 Å². The second-order valence-electron chi connectivity index (χ2n) is 10.3. The summed E-state index contributed by atoms with van der Waals surface area (Å²) < 4.78 is 17.3. The van der Waals surface area contributed by atoms with Crippen molar-refractivity contribution in [3.8, 4) is 5.75 Å². The maximum atomic E-state index is 12.7. The van der Waals surface area contributed by atoms with Gasteiger partial charge in [-0.25, -0.2) is 4.79 Å². The number of hydrogen-bond donors (Lipinski definition) is 0. The third-order valence-electron chi connectivity index (χ3n) is 7.94.